The molecular weight excluding hydrogens is 198 g/mol. The molecule has 0 amide bonds. The molecule has 2 rings (SSSR count). The Bertz CT molecular complexity index is 371. The highest BCUT2D eigenvalue weighted by Crippen LogP contribution is 2.33. The van der Waals surface area contributed by atoms with Crippen molar-refractivity contribution in [2.75, 3.05) is 11.9 Å². The van der Waals surface area contributed by atoms with Gasteiger partial charge in [0, 0.05) is 0 Å². The molecule has 0 bridgehead atoms. The molecule has 16 heavy (non-hydrogen) atoms. The van der Waals surface area contributed by atoms with E-state index in [9.17, 15) is 0 Å². The fourth-order valence-electron chi connectivity index (χ4n) is 1.93. The summed E-state index contributed by atoms with van der Waals surface area (Å²) in [7, 11) is 0. The molecule has 0 aliphatic carbocycles. The third-order valence-electron chi connectivity index (χ3n) is 3.19. The van der Waals surface area contributed by atoms with Crippen LogP contribution in [0, 0.1) is 5.92 Å². The van der Waals surface area contributed by atoms with Crippen molar-refractivity contribution >= 4 is 5.69 Å². The van der Waals surface area contributed by atoms with E-state index in [0.29, 0.717) is 11.8 Å². The van der Waals surface area contributed by atoms with Gasteiger partial charge in [-0.05, 0) is 29.5 Å². The van der Waals surface area contributed by atoms with Crippen molar-refractivity contribution in [3.8, 4) is 5.75 Å². The summed E-state index contributed by atoms with van der Waals surface area (Å²) in [6.45, 7) is 9.72. The molecule has 0 saturated carbocycles. The first-order valence-corrected chi connectivity index (χ1v) is 6.12. The van der Waals surface area contributed by atoms with Crippen molar-refractivity contribution < 1.29 is 4.74 Å². The Kier molecular flexibility index (Phi) is 3.08. The molecule has 1 unspecified atom stereocenters. The highest BCUT2D eigenvalue weighted by Gasteiger charge is 2.22. The van der Waals surface area contributed by atoms with Crippen molar-refractivity contribution in [2.45, 2.75) is 39.7 Å². The van der Waals surface area contributed by atoms with Crippen LogP contribution in [0.4, 0.5) is 5.69 Å². The van der Waals surface area contributed by atoms with Crippen LogP contribution in [0.2, 0.25) is 0 Å². The highest BCUT2D eigenvalue weighted by atomic mass is 16.5. The minimum atomic E-state index is 0.289. The zero-order valence-corrected chi connectivity index (χ0v) is 10.6. The molecule has 1 aromatic carbocycles. The molecule has 88 valence electrons. The second-order valence-electron chi connectivity index (χ2n) is 5.19. The Hall–Kier alpha value is -1.18. The van der Waals surface area contributed by atoms with Crippen molar-refractivity contribution in [2.24, 2.45) is 5.92 Å². The van der Waals surface area contributed by atoms with Gasteiger partial charge in [0.15, 0.2) is 0 Å². The molecule has 1 atom stereocenters. The molecule has 1 aliphatic heterocycles. The van der Waals surface area contributed by atoms with Gasteiger partial charge in [-0.2, -0.15) is 0 Å². The van der Waals surface area contributed by atoms with Crippen molar-refractivity contribution in [1.29, 1.82) is 0 Å². The summed E-state index contributed by atoms with van der Waals surface area (Å²) in [6, 6.07) is 6.46. The Labute approximate surface area is 98.0 Å². The van der Waals surface area contributed by atoms with E-state index < -0.39 is 0 Å². The second kappa shape index (κ2) is 4.36. The van der Waals surface area contributed by atoms with E-state index in [1.165, 1.54) is 5.56 Å². The molecule has 0 aromatic heterocycles. The van der Waals surface area contributed by atoms with Gasteiger partial charge in [-0.15, -0.1) is 0 Å². The van der Waals surface area contributed by atoms with Gasteiger partial charge in [0.1, 0.15) is 11.9 Å². The minimum absolute atomic E-state index is 0.289. The molecule has 2 nitrogen and oxygen atoms in total. The average Bonchev–Trinajstić information content (AvgIpc) is 2.27. The van der Waals surface area contributed by atoms with Crippen molar-refractivity contribution in [3.63, 3.8) is 0 Å². The fraction of sp³-hybridized carbons (Fsp3) is 0.571. The first-order chi connectivity index (χ1) is 7.58. The van der Waals surface area contributed by atoms with Gasteiger partial charge in [0.2, 0.25) is 0 Å². The standard InChI is InChI=1S/C14H21NO/c1-9(2)11-5-6-13-12(7-11)15-8-14(16-13)10(3)4/h5-7,9-10,14-15H,8H2,1-4H3. The van der Waals surface area contributed by atoms with Crippen LogP contribution in [0.1, 0.15) is 39.2 Å². The Morgan fingerprint density at radius 1 is 1.25 bits per heavy atom. The van der Waals surface area contributed by atoms with Gasteiger partial charge in [0.25, 0.3) is 0 Å². The number of benzene rings is 1. The van der Waals surface area contributed by atoms with Crippen LogP contribution >= 0.6 is 0 Å². The molecule has 0 fully saturated rings. The zero-order chi connectivity index (χ0) is 11.7. The van der Waals surface area contributed by atoms with Gasteiger partial charge in [-0.3, -0.25) is 0 Å². The van der Waals surface area contributed by atoms with E-state index in [0.717, 1.165) is 18.0 Å². The van der Waals surface area contributed by atoms with Crippen LogP contribution in [0.25, 0.3) is 0 Å². The number of rotatable bonds is 2. The van der Waals surface area contributed by atoms with E-state index in [-0.39, 0.29) is 6.10 Å². The summed E-state index contributed by atoms with van der Waals surface area (Å²) in [5.41, 5.74) is 2.50. The van der Waals surface area contributed by atoms with E-state index in [4.69, 9.17) is 4.74 Å². The quantitative estimate of drug-likeness (QED) is 0.820. The number of fused-ring (bicyclic) bond motifs is 1. The fourth-order valence-corrected chi connectivity index (χ4v) is 1.93. The van der Waals surface area contributed by atoms with Gasteiger partial charge in [-0.25, -0.2) is 0 Å². The maximum absolute atomic E-state index is 5.97. The SMILES string of the molecule is CC(C)c1ccc2c(c1)NCC(C(C)C)O2. The Morgan fingerprint density at radius 2 is 2.00 bits per heavy atom. The molecule has 0 spiro atoms. The van der Waals surface area contributed by atoms with Gasteiger partial charge >= 0.3 is 0 Å². The lowest BCUT2D eigenvalue weighted by molar-refractivity contribution is 0.156. The third kappa shape index (κ3) is 2.16. The number of ether oxygens (including phenoxy) is 1. The van der Waals surface area contributed by atoms with Crippen LogP contribution in [0.5, 0.6) is 5.75 Å². The van der Waals surface area contributed by atoms with E-state index in [1.54, 1.807) is 0 Å². The summed E-state index contributed by atoms with van der Waals surface area (Å²) >= 11 is 0. The number of anilines is 1. The normalized spacial score (nSPS) is 19.2. The monoisotopic (exact) mass is 219 g/mol. The van der Waals surface area contributed by atoms with Crippen LogP contribution in [-0.2, 0) is 0 Å². The topological polar surface area (TPSA) is 21.3 Å². The van der Waals surface area contributed by atoms with Gasteiger partial charge < -0.3 is 10.1 Å². The van der Waals surface area contributed by atoms with Crippen molar-refractivity contribution in [1.82, 2.24) is 0 Å². The lowest BCUT2D eigenvalue weighted by Gasteiger charge is -2.30. The Balaban J connectivity index is 2.22. The summed E-state index contributed by atoms with van der Waals surface area (Å²) in [6.07, 6.45) is 0.289. The average molecular weight is 219 g/mol. The molecule has 1 N–H and O–H groups in total. The molecule has 1 heterocycles. The minimum Gasteiger partial charge on any atom is -0.486 e. The molecule has 1 aromatic rings. The third-order valence-corrected chi connectivity index (χ3v) is 3.19. The predicted molar refractivity (Wildman–Crippen MR) is 68.3 cm³/mol. The Morgan fingerprint density at radius 3 is 2.62 bits per heavy atom. The number of nitrogens with one attached hydrogen (secondary N) is 1. The maximum Gasteiger partial charge on any atom is 0.142 e. The van der Waals surface area contributed by atoms with Crippen LogP contribution in [-0.4, -0.2) is 12.6 Å². The van der Waals surface area contributed by atoms with Crippen molar-refractivity contribution in [3.05, 3.63) is 23.8 Å². The lowest BCUT2D eigenvalue weighted by Crippen LogP contribution is -2.34. The summed E-state index contributed by atoms with van der Waals surface area (Å²) in [4.78, 5) is 0. The van der Waals surface area contributed by atoms with Crippen LogP contribution in [0.15, 0.2) is 18.2 Å². The summed E-state index contributed by atoms with van der Waals surface area (Å²) < 4.78 is 5.97. The largest absolute Gasteiger partial charge is 0.486 e. The second-order valence-corrected chi connectivity index (χ2v) is 5.19. The molecular formula is C14H21NO. The van der Waals surface area contributed by atoms with E-state index in [2.05, 4.69) is 51.2 Å². The smallest absolute Gasteiger partial charge is 0.142 e. The number of hydrogen-bond acceptors (Lipinski definition) is 2. The van der Waals surface area contributed by atoms with E-state index in [1.807, 2.05) is 0 Å². The van der Waals surface area contributed by atoms with Gasteiger partial charge in [-0.1, -0.05) is 33.8 Å². The van der Waals surface area contributed by atoms with Crippen LogP contribution in [0.3, 0.4) is 0 Å². The maximum atomic E-state index is 5.97. The molecule has 0 radical (unpaired) electrons. The lowest BCUT2D eigenvalue weighted by atomic mass is 10.0. The van der Waals surface area contributed by atoms with Gasteiger partial charge in [0.05, 0.1) is 12.2 Å². The summed E-state index contributed by atoms with van der Waals surface area (Å²) in [5, 5.41) is 3.46. The molecule has 1 aliphatic rings. The van der Waals surface area contributed by atoms with Crippen LogP contribution < -0.4 is 10.1 Å². The highest BCUT2D eigenvalue weighted by molar-refractivity contribution is 5.60. The summed E-state index contributed by atoms with van der Waals surface area (Å²) in [5.74, 6) is 2.11. The zero-order valence-electron chi connectivity index (χ0n) is 10.6. The molecule has 2 heteroatoms. The first kappa shape index (κ1) is 11.3. The molecule has 0 saturated heterocycles. The number of hydrogen-bond donors (Lipinski definition) is 1. The first-order valence-electron chi connectivity index (χ1n) is 6.12. The van der Waals surface area contributed by atoms with E-state index >= 15 is 0 Å². The predicted octanol–water partition coefficient (Wildman–Crippen LogP) is 3.64.